The summed E-state index contributed by atoms with van der Waals surface area (Å²) in [6.07, 6.45) is -2.34. The first-order valence-corrected chi connectivity index (χ1v) is 15.1. The predicted octanol–water partition coefficient (Wildman–Crippen LogP) is 1.83. The first-order valence-electron chi connectivity index (χ1n) is 15.1. The van der Waals surface area contributed by atoms with Gasteiger partial charge in [0.15, 0.2) is 11.2 Å². The molecule has 2 aromatic carbocycles. The number of carbonyl (C=O) groups is 3. The van der Waals surface area contributed by atoms with Crippen LogP contribution >= 0.6 is 0 Å². The Bertz CT molecular complexity index is 2310. The van der Waals surface area contributed by atoms with E-state index in [9.17, 15) is 42.3 Å². The number of likely N-dealkylation sites (tertiary alicyclic amines) is 1. The maximum Gasteiger partial charge on any atom is 0.573 e. The number of imidazole rings is 1. The highest BCUT2D eigenvalue weighted by Crippen LogP contribution is 2.50. The van der Waals surface area contributed by atoms with E-state index in [-0.39, 0.29) is 36.2 Å². The third kappa shape index (κ3) is 4.99. The Labute approximate surface area is 273 Å². The third-order valence-electron chi connectivity index (χ3n) is 9.50. The second-order valence-corrected chi connectivity index (χ2v) is 12.2. The van der Waals surface area contributed by atoms with E-state index in [1.807, 2.05) is 0 Å². The molecule has 3 aromatic heterocycles. The van der Waals surface area contributed by atoms with Crippen LogP contribution < -0.4 is 21.3 Å². The molecule has 0 aliphatic carbocycles. The van der Waals surface area contributed by atoms with E-state index in [2.05, 4.69) is 20.0 Å². The molecule has 4 unspecified atom stereocenters. The Morgan fingerprint density at radius 1 is 1.02 bits per heavy atom. The van der Waals surface area contributed by atoms with Crippen molar-refractivity contribution in [1.82, 2.24) is 33.9 Å². The van der Waals surface area contributed by atoms with Gasteiger partial charge in [0.25, 0.3) is 5.56 Å². The van der Waals surface area contributed by atoms with E-state index < -0.39 is 64.6 Å². The molecule has 7 rings (SSSR count). The number of ether oxygens (including phenoxy) is 1. The van der Waals surface area contributed by atoms with Gasteiger partial charge in [-0.25, -0.2) is 9.78 Å². The number of carbonyl (C=O) groups excluding carboxylic acids is 2. The summed E-state index contributed by atoms with van der Waals surface area (Å²) in [6, 6.07) is 10.8. The molecule has 4 atom stereocenters. The molecule has 14 nitrogen and oxygen atoms in total. The molecule has 17 heteroatoms. The van der Waals surface area contributed by atoms with Gasteiger partial charge in [0.1, 0.15) is 11.3 Å². The molecule has 3 N–H and O–H groups in total. The van der Waals surface area contributed by atoms with Crippen molar-refractivity contribution in [2.24, 2.45) is 25.9 Å². The number of carboxylic acids is 1. The third-order valence-corrected chi connectivity index (χ3v) is 9.50. The summed E-state index contributed by atoms with van der Waals surface area (Å²) in [7, 11) is 2.74. The van der Waals surface area contributed by atoms with E-state index in [0.717, 1.165) is 21.6 Å². The van der Waals surface area contributed by atoms with Crippen molar-refractivity contribution in [1.29, 1.82) is 0 Å². The second kappa shape index (κ2) is 11.2. The van der Waals surface area contributed by atoms with Crippen LogP contribution in [0.15, 0.2) is 70.6 Å². The van der Waals surface area contributed by atoms with Gasteiger partial charge >= 0.3 is 18.0 Å². The fraction of sp³-hybridized carbons (Fsp3) is 0.312. The van der Waals surface area contributed by atoms with Gasteiger partial charge in [-0.05, 0) is 29.3 Å². The fourth-order valence-corrected chi connectivity index (χ4v) is 7.26. The highest BCUT2D eigenvalue weighted by atomic mass is 19.4. The van der Waals surface area contributed by atoms with Gasteiger partial charge in [-0.1, -0.05) is 30.3 Å². The molecule has 5 aromatic rings. The molecule has 2 aliphatic rings. The SMILES string of the molecule is Cn1c(=O)c2c(ncn2CCN2C(=O)C3C(c4cccc(OC(F)(F)F)c4)NC(Cc4c[nH]c5ccccc45)(C(=O)O)C3C2=O)n(C)c1=O. The van der Waals surface area contributed by atoms with E-state index in [1.165, 1.54) is 41.7 Å². The Morgan fingerprint density at radius 2 is 1.78 bits per heavy atom. The molecule has 2 fully saturated rings. The summed E-state index contributed by atoms with van der Waals surface area (Å²) in [5.74, 6) is -6.31. The number of fused-ring (bicyclic) bond motifs is 3. The van der Waals surface area contributed by atoms with Crippen molar-refractivity contribution < 1.29 is 37.4 Å². The lowest BCUT2D eigenvalue weighted by atomic mass is 9.76. The normalized spacial score (nSPS) is 22.4. The number of aromatic amines is 1. The average molecular weight is 680 g/mol. The van der Waals surface area contributed by atoms with Gasteiger partial charge in [-0.15, -0.1) is 13.2 Å². The second-order valence-electron chi connectivity index (χ2n) is 12.2. The number of rotatable bonds is 8. The molecule has 2 aliphatic heterocycles. The number of alkyl halides is 3. The maximum absolute atomic E-state index is 14.3. The molecule has 0 saturated carbocycles. The lowest BCUT2D eigenvalue weighted by Crippen LogP contribution is -2.57. The number of hydrogen-bond donors (Lipinski definition) is 3. The molecule has 254 valence electrons. The highest BCUT2D eigenvalue weighted by Gasteiger charge is 2.68. The monoisotopic (exact) mass is 679 g/mol. The Balaban J connectivity index is 1.30. The first-order chi connectivity index (χ1) is 23.2. The number of benzene rings is 2. The van der Waals surface area contributed by atoms with Crippen molar-refractivity contribution >= 4 is 39.9 Å². The quantitative estimate of drug-likeness (QED) is 0.207. The van der Waals surface area contributed by atoms with Gasteiger partial charge in [0.05, 0.1) is 18.2 Å². The van der Waals surface area contributed by atoms with Crippen molar-refractivity contribution in [2.75, 3.05) is 6.54 Å². The molecule has 5 heterocycles. The van der Waals surface area contributed by atoms with Crippen LogP contribution in [0.5, 0.6) is 5.75 Å². The number of nitrogens with zero attached hydrogens (tertiary/aromatic N) is 5. The summed E-state index contributed by atoms with van der Waals surface area (Å²) in [5.41, 5.74) is -1.76. The summed E-state index contributed by atoms with van der Waals surface area (Å²) in [4.78, 5) is 75.3. The predicted molar refractivity (Wildman–Crippen MR) is 165 cm³/mol. The number of halogens is 3. The number of carboxylic acid groups (broad SMARTS) is 1. The molecule has 2 saturated heterocycles. The number of H-pyrrole nitrogens is 1. The summed E-state index contributed by atoms with van der Waals surface area (Å²) < 4.78 is 46.9. The van der Waals surface area contributed by atoms with Crippen LogP contribution in [-0.2, 0) is 41.4 Å². The van der Waals surface area contributed by atoms with Gasteiger partial charge in [-0.3, -0.25) is 38.5 Å². The highest BCUT2D eigenvalue weighted by molar-refractivity contribution is 6.09. The lowest BCUT2D eigenvalue weighted by molar-refractivity contribution is -0.274. The van der Waals surface area contributed by atoms with Crippen LogP contribution in [-0.4, -0.2) is 69.9 Å². The van der Waals surface area contributed by atoms with Crippen LogP contribution in [0.3, 0.4) is 0 Å². The minimum Gasteiger partial charge on any atom is -0.480 e. The van der Waals surface area contributed by atoms with Gasteiger partial charge in [0, 0.05) is 56.7 Å². The number of imide groups is 1. The Hall–Kier alpha value is -5.71. The van der Waals surface area contributed by atoms with Crippen LogP contribution in [0.4, 0.5) is 13.2 Å². The molecule has 0 radical (unpaired) electrons. The minimum absolute atomic E-state index is 0.0594. The number of para-hydroxylation sites is 1. The average Bonchev–Trinajstić information content (AvgIpc) is 3.81. The number of amides is 2. The number of nitrogens with one attached hydrogen (secondary N) is 2. The Morgan fingerprint density at radius 3 is 2.51 bits per heavy atom. The van der Waals surface area contributed by atoms with Gasteiger partial charge in [-0.2, -0.15) is 0 Å². The summed E-state index contributed by atoms with van der Waals surface area (Å²) >= 11 is 0. The van der Waals surface area contributed by atoms with E-state index in [4.69, 9.17) is 0 Å². The topological polar surface area (TPSA) is 174 Å². The number of hydrogen-bond acceptors (Lipinski definition) is 8. The number of aryl methyl sites for hydroxylation is 1. The zero-order valence-electron chi connectivity index (χ0n) is 25.9. The van der Waals surface area contributed by atoms with Crippen molar-refractivity contribution in [2.45, 2.75) is 30.9 Å². The Kier molecular flexibility index (Phi) is 7.27. The largest absolute Gasteiger partial charge is 0.573 e. The van der Waals surface area contributed by atoms with Crippen LogP contribution in [0, 0.1) is 11.8 Å². The van der Waals surface area contributed by atoms with Crippen molar-refractivity contribution in [3.8, 4) is 5.75 Å². The number of aliphatic carboxylic acids is 1. The smallest absolute Gasteiger partial charge is 0.480 e. The summed E-state index contributed by atoms with van der Waals surface area (Å²) in [6.45, 7) is -0.398. The van der Waals surface area contributed by atoms with E-state index in [0.29, 0.717) is 16.5 Å². The fourth-order valence-electron chi connectivity index (χ4n) is 7.26. The van der Waals surface area contributed by atoms with Crippen LogP contribution in [0.1, 0.15) is 17.2 Å². The summed E-state index contributed by atoms with van der Waals surface area (Å²) in [5, 5.41) is 14.5. The van der Waals surface area contributed by atoms with Crippen LogP contribution in [0.25, 0.3) is 22.1 Å². The number of aromatic nitrogens is 5. The molecule has 49 heavy (non-hydrogen) atoms. The van der Waals surface area contributed by atoms with E-state index >= 15 is 0 Å². The van der Waals surface area contributed by atoms with Crippen molar-refractivity contribution in [3.63, 3.8) is 0 Å². The lowest BCUT2D eigenvalue weighted by Gasteiger charge is -2.31. The minimum atomic E-state index is -5.01. The van der Waals surface area contributed by atoms with Crippen LogP contribution in [0.2, 0.25) is 0 Å². The zero-order valence-corrected chi connectivity index (χ0v) is 25.9. The zero-order chi connectivity index (χ0) is 35.0. The standard InChI is InChI=1S/C32H28F3N7O7/c1-39-25-24(28(45)40(2)30(39)48)41(15-37-25)10-11-42-26(43)21-22(27(42)44)31(29(46)47,13-17-14-36-20-9-4-3-8-19(17)20)38-23(21)16-6-5-7-18(12-16)49-32(33,34)35/h3-9,12,14-15,21-23,36,38H,10-11,13H2,1-2H3,(H,46,47). The molecule has 0 bridgehead atoms. The molecular weight excluding hydrogens is 651 g/mol. The van der Waals surface area contributed by atoms with Crippen molar-refractivity contribution in [3.05, 3.63) is 93.0 Å². The van der Waals surface area contributed by atoms with E-state index in [1.54, 1.807) is 30.5 Å². The van der Waals surface area contributed by atoms with Gasteiger partial charge < -0.3 is 19.4 Å². The molecular formula is C32H28F3N7O7. The van der Waals surface area contributed by atoms with Gasteiger partial charge in [0.2, 0.25) is 11.8 Å². The maximum atomic E-state index is 14.3. The molecule has 2 amide bonds. The molecule has 0 spiro atoms. The first kappa shape index (κ1) is 31.9.